The van der Waals surface area contributed by atoms with Crippen LogP contribution in [0.4, 0.5) is 24.7 Å². The summed E-state index contributed by atoms with van der Waals surface area (Å²) in [5.74, 6) is -1.94. The smallest absolute Gasteiger partial charge is 0.282 e. The Hall–Kier alpha value is -4.92. The van der Waals surface area contributed by atoms with Gasteiger partial charge in [0.25, 0.3) is 5.92 Å². The van der Waals surface area contributed by atoms with Gasteiger partial charge in [0.2, 0.25) is 0 Å². The summed E-state index contributed by atoms with van der Waals surface area (Å²) in [7, 11) is 1.91. The SMILES string of the molecule is C[C@@H](c1ccc(-n2cc(F)cn2)nc1)N(C)c1ccc(-c2cc(N3CC(F)(F)C3)cn3ncc(C#N)c23)cn1. The number of hydrogen-bond donors (Lipinski definition) is 0. The van der Waals surface area contributed by atoms with Crippen molar-refractivity contribution in [1.82, 2.24) is 29.4 Å². The summed E-state index contributed by atoms with van der Waals surface area (Å²) in [5.41, 5.74) is 3.91. The molecule has 1 fully saturated rings. The molecule has 0 aliphatic carbocycles. The number of nitriles is 1. The Morgan fingerprint density at radius 1 is 1.03 bits per heavy atom. The molecular weight excluding hydrogens is 507 g/mol. The number of aromatic nitrogens is 6. The quantitative estimate of drug-likeness (QED) is 0.317. The van der Waals surface area contributed by atoms with Gasteiger partial charge in [-0.05, 0) is 36.8 Å². The number of anilines is 2. The van der Waals surface area contributed by atoms with E-state index in [4.69, 9.17) is 0 Å². The molecule has 196 valence electrons. The normalized spacial score (nSPS) is 15.1. The number of rotatable bonds is 6. The zero-order valence-corrected chi connectivity index (χ0v) is 21.0. The van der Waals surface area contributed by atoms with Gasteiger partial charge in [0, 0.05) is 30.6 Å². The molecule has 0 bridgehead atoms. The first-order valence-electron chi connectivity index (χ1n) is 12.1. The maximum atomic E-state index is 13.5. The van der Waals surface area contributed by atoms with Gasteiger partial charge in [0.15, 0.2) is 11.6 Å². The zero-order chi connectivity index (χ0) is 27.3. The third kappa shape index (κ3) is 4.41. The van der Waals surface area contributed by atoms with Crippen LogP contribution in [-0.4, -0.2) is 55.4 Å². The average molecular weight is 530 g/mol. The summed E-state index contributed by atoms with van der Waals surface area (Å²) in [6.45, 7) is 1.29. The van der Waals surface area contributed by atoms with E-state index in [0.717, 1.165) is 17.3 Å². The Bertz CT molecular complexity index is 1690. The highest BCUT2D eigenvalue weighted by molar-refractivity contribution is 5.86. The fourth-order valence-electron chi connectivity index (χ4n) is 4.66. The molecule has 1 saturated heterocycles. The number of halogens is 3. The average Bonchev–Trinajstić information content (AvgIpc) is 3.56. The fourth-order valence-corrected chi connectivity index (χ4v) is 4.66. The Balaban J connectivity index is 1.27. The Morgan fingerprint density at radius 3 is 2.46 bits per heavy atom. The summed E-state index contributed by atoms with van der Waals surface area (Å²) < 4.78 is 43.3. The molecule has 5 aromatic heterocycles. The lowest BCUT2D eigenvalue weighted by molar-refractivity contribution is -0.0263. The van der Waals surface area contributed by atoms with Crippen molar-refractivity contribution in [2.45, 2.75) is 18.9 Å². The minimum Gasteiger partial charge on any atom is -0.358 e. The molecule has 0 unspecified atom stereocenters. The van der Waals surface area contributed by atoms with Gasteiger partial charge >= 0.3 is 0 Å². The number of nitrogens with zero attached hydrogens (tertiary/aromatic N) is 9. The summed E-state index contributed by atoms with van der Waals surface area (Å²) >= 11 is 0. The largest absolute Gasteiger partial charge is 0.358 e. The van der Waals surface area contributed by atoms with E-state index in [1.54, 1.807) is 40.1 Å². The van der Waals surface area contributed by atoms with Crippen LogP contribution in [0.5, 0.6) is 0 Å². The van der Waals surface area contributed by atoms with Crippen LogP contribution in [0.1, 0.15) is 24.1 Å². The Labute approximate surface area is 221 Å². The second-order valence-corrected chi connectivity index (χ2v) is 9.53. The van der Waals surface area contributed by atoms with Gasteiger partial charge in [-0.3, -0.25) is 0 Å². The summed E-state index contributed by atoms with van der Waals surface area (Å²) in [4.78, 5) is 12.6. The van der Waals surface area contributed by atoms with Gasteiger partial charge in [0.05, 0.1) is 60.7 Å². The van der Waals surface area contributed by atoms with Crippen LogP contribution in [0.2, 0.25) is 0 Å². The topological polar surface area (TPSA) is 91.2 Å². The summed E-state index contributed by atoms with van der Waals surface area (Å²) in [6, 6.07) is 11.3. The standard InChI is InChI=1S/C27H22F3N9/c1-17(18-3-6-25(33-9-18)38-13-21(28)12-35-38)36(2)24-5-4-19(10-32-24)23-7-22(37-15-27(29,30)16-37)14-39-26(23)20(8-31)11-34-39/h3-7,9-14,17H,15-16H2,1-2H3/t17-/m0/s1. The van der Waals surface area contributed by atoms with Gasteiger partial charge in [-0.1, -0.05) is 6.07 Å². The van der Waals surface area contributed by atoms with E-state index in [1.165, 1.54) is 17.1 Å². The predicted molar refractivity (Wildman–Crippen MR) is 138 cm³/mol. The third-order valence-corrected chi connectivity index (χ3v) is 6.97. The Kier molecular flexibility index (Phi) is 5.71. The molecule has 12 heteroatoms. The first-order chi connectivity index (χ1) is 18.7. The van der Waals surface area contributed by atoms with Crippen LogP contribution in [0.3, 0.4) is 0 Å². The van der Waals surface area contributed by atoms with Crippen molar-refractivity contribution in [2.24, 2.45) is 0 Å². The molecule has 0 N–H and O–H groups in total. The van der Waals surface area contributed by atoms with Crippen molar-refractivity contribution < 1.29 is 13.2 Å². The monoisotopic (exact) mass is 529 g/mol. The van der Waals surface area contributed by atoms with Crippen molar-refractivity contribution in [1.29, 1.82) is 5.26 Å². The van der Waals surface area contributed by atoms with E-state index in [1.807, 2.05) is 37.1 Å². The van der Waals surface area contributed by atoms with E-state index < -0.39 is 11.7 Å². The maximum absolute atomic E-state index is 13.5. The zero-order valence-electron chi connectivity index (χ0n) is 21.0. The lowest BCUT2D eigenvalue weighted by Gasteiger charge is -2.40. The molecule has 1 atom stereocenters. The van der Waals surface area contributed by atoms with Crippen molar-refractivity contribution in [3.8, 4) is 23.0 Å². The molecule has 5 aromatic rings. The van der Waals surface area contributed by atoms with Gasteiger partial charge < -0.3 is 9.80 Å². The number of hydrogen-bond acceptors (Lipinski definition) is 7. The van der Waals surface area contributed by atoms with Gasteiger partial charge in [-0.15, -0.1) is 0 Å². The lowest BCUT2D eigenvalue weighted by Crippen LogP contribution is -2.56. The van der Waals surface area contributed by atoms with Crippen molar-refractivity contribution in [3.05, 3.63) is 84.5 Å². The van der Waals surface area contributed by atoms with E-state index >= 15 is 0 Å². The minimum absolute atomic E-state index is 0.0811. The molecule has 0 spiro atoms. The van der Waals surface area contributed by atoms with Gasteiger partial charge in [-0.25, -0.2) is 32.3 Å². The molecule has 6 heterocycles. The second-order valence-electron chi connectivity index (χ2n) is 9.53. The van der Waals surface area contributed by atoms with Crippen LogP contribution in [0.15, 0.2) is 67.5 Å². The molecule has 39 heavy (non-hydrogen) atoms. The molecule has 0 radical (unpaired) electrons. The first-order valence-corrected chi connectivity index (χ1v) is 12.1. The van der Waals surface area contributed by atoms with Crippen molar-refractivity contribution in [3.63, 3.8) is 0 Å². The molecule has 1 aliphatic rings. The van der Waals surface area contributed by atoms with Crippen molar-refractivity contribution >= 4 is 17.0 Å². The van der Waals surface area contributed by atoms with E-state index in [2.05, 4.69) is 26.2 Å². The number of alkyl halides is 2. The molecule has 0 amide bonds. The van der Waals surface area contributed by atoms with Crippen LogP contribution in [0, 0.1) is 17.1 Å². The predicted octanol–water partition coefficient (Wildman–Crippen LogP) is 4.64. The fraction of sp³-hybridized carbons (Fsp3) is 0.222. The van der Waals surface area contributed by atoms with Crippen LogP contribution >= 0.6 is 0 Å². The molecular formula is C27H22F3N9. The highest BCUT2D eigenvalue weighted by atomic mass is 19.3. The highest BCUT2D eigenvalue weighted by Crippen LogP contribution is 2.36. The van der Waals surface area contributed by atoms with E-state index in [0.29, 0.717) is 34.0 Å². The third-order valence-electron chi connectivity index (χ3n) is 6.97. The minimum atomic E-state index is -2.71. The van der Waals surface area contributed by atoms with Gasteiger partial charge in [-0.2, -0.15) is 15.5 Å². The van der Waals surface area contributed by atoms with E-state index in [9.17, 15) is 18.4 Å². The number of fused-ring (bicyclic) bond motifs is 1. The van der Waals surface area contributed by atoms with E-state index in [-0.39, 0.29) is 19.1 Å². The molecule has 0 aromatic carbocycles. The molecule has 9 nitrogen and oxygen atoms in total. The second kappa shape index (κ2) is 9.13. The van der Waals surface area contributed by atoms with Crippen LogP contribution in [0.25, 0.3) is 22.5 Å². The summed E-state index contributed by atoms with van der Waals surface area (Å²) in [6.07, 6.45) is 8.93. The van der Waals surface area contributed by atoms with Crippen LogP contribution < -0.4 is 9.80 Å². The highest BCUT2D eigenvalue weighted by Gasteiger charge is 2.44. The number of pyridine rings is 3. The van der Waals surface area contributed by atoms with Gasteiger partial charge in [0.1, 0.15) is 11.9 Å². The maximum Gasteiger partial charge on any atom is 0.282 e. The summed E-state index contributed by atoms with van der Waals surface area (Å²) in [5, 5.41) is 17.8. The Morgan fingerprint density at radius 2 is 1.85 bits per heavy atom. The first kappa shape index (κ1) is 24.4. The lowest BCUT2D eigenvalue weighted by atomic mass is 10.0. The molecule has 6 rings (SSSR count). The van der Waals surface area contributed by atoms with Crippen molar-refractivity contribution in [2.75, 3.05) is 29.9 Å². The van der Waals surface area contributed by atoms with Crippen LogP contribution in [-0.2, 0) is 0 Å². The molecule has 1 aliphatic heterocycles. The molecule has 0 saturated carbocycles.